The van der Waals surface area contributed by atoms with E-state index >= 15 is 0 Å². The van der Waals surface area contributed by atoms with Gasteiger partial charge >= 0.3 is 0 Å². The third-order valence-electron chi connectivity index (χ3n) is 6.42. The lowest BCUT2D eigenvalue weighted by molar-refractivity contribution is -0.131. The van der Waals surface area contributed by atoms with Crippen molar-refractivity contribution in [2.24, 2.45) is 0 Å². The van der Waals surface area contributed by atoms with E-state index in [-0.39, 0.29) is 11.8 Å². The number of hydrogen-bond acceptors (Lipinski definition) is 4. The molecule has 0 bridgehead atoms. The largest absolute Gasteiger partial charge is 0.358 e. The molecule has 170 valence electrons. The Kier molecular flexibility index (Phi) is 7.77. The number of benzene rings is 2. The van der Waals surface area contributed by atoms with E-state index in [9.17, 15) is 9.59 Å². The second-order valence-electron chi connectivity index (χ2n) is 8.78. The van der Waals surface area contributed by atoms with Gasteiger partial charge in [-0.15, -0.1) is 0 Å². The van der Waals surface area contributed by atoms with Gasteiger partial charge in [0.05, 0.1) is 13.1 Å². The summed E-state index contributed by atoms with van der Waals surface area (Å²) in [5, 5.41) is 0. The number of carbonyl (C=O) groups is 2. The SMILES string of the molecule is O=C(CN1CCCN(C(=O)CN(Cc2ccccc2)c2ccccc2)CC1)N1CCCC1. The highest BCUT2D eigenvalue weighted by Gasteiger charge is 2.24. The van der Waals surface area contributed by atoms with Crippen LogP contribution in [0.15, 0.2) is 60.7 Å². The van der Waals surface area contributed by atoms with E-state index in [2.05, 4.69) is 34.1 Å². The Bertz CT molecular complexity index is 868. The Morgan fingerprint density at radius 1 is 0.688 bits per heavy atom. The molecule has 2 aromatic rings. The molecule has 2 aliphatic rings. The van der Waals surface area contributed by atoms with Crippen molar-refractivity contribution in [1.29, 1.82) is 0 Å². The van der Waals surface area contributed by atoms with Crippen molar-refractivity contribution in [3.63, 3.8) is 0 Å². The maximum Gasteiger partial charge on any atom is 0.242 e. The summed E-state index contributed by atoms with van der Waals surface area (Å²) in [4.78, 5) is 34.1. The minimum Gasteiger partial charge on any atom is -0.358 e. The number of amides is 2. The second-order valence-corrected chi connectivity index (χ2v) is 8.78. The van der Waals surface area contributed by atoms with E-state index < -0.39 is 0 Å². The molecule has 6 heteroatoms. The van der Waals surface area contributed by atoms with Gasteiger partial charge in [0, 0.05) is 51.5 Å². The average molecular weight is 435 g/mol. The minimum absolute atomic E-state index is 0.150. The van der Waals surface area contributed by atoms with Crippen LogP contribution in [-0.2, 0) is 16.1 Å². The molecule has 2 aromatic carbocycles. The van der Waals surface area contributed by atoms with E-state index in [0.29, 0.717) is 26.2 Å². The molecule has 0 atom stereocenters. The predicted molar refractivity (Wildman–Crippen MR) is 127 cm³/mol. The molecule has 32 heavy (non-hydrogen) atoms. The first-order valence-electron chi connectivity index (χ1n) is 11.8. The van der Waals surface area contributed by atoms with Crippen LogP contribution in [0, 0.1) is 0 Å². The standard InChI is InChI=1S/C26H34N4O2/c31-25(28-15-7-8-16-28)21-27-14-9-17-29(19-18-27)26(32)22-30(24-12-5-2-6-13-24)20-23-10-3-1-4-11-23/h1-6,10-13H,7-9,14-22H2. The summed E-state index contributed by atoms with van der Waals surface area (Å²) in [7, 11) is 0. The van der Waals surface area contributed by atoms with Crippen LogP contribution in [0.25, 0.3) is 0 Å². The first-order valence-corrected chi connectivity index (χ1v) is 11.8. The van der Waals surface area contributed by atoms with E-state index in [1.54, 1.807) is 0 Å². The Balaban J connectivity index is 1.35. The van der Waals surface area contributed by atoms with Gasteiger partial charge in [0.15, 0.2) is 0 Å². The number of anilines is 1. The molecule has 0 saturated carbocycles. The number of para-hydroxylation sites is 1. The molecule has 0 aliphatic carbocycles. The quantitative estimate of drug-likeness (QED) is 0.672. The number of nitrogens with zero attached hydrogens (tertiary/aromatic N) is 4. The number of rotatable bonds is 7. The van der Waals surface area contributed by atoms with Gasteiger partial charge in [-0.3, -0.25) is 14.5 Å². The van der Waals surface area contributed by atoms with Gasteiger partial charge in [0.25, 0.3) is 0 Å². The monoisotopic (exact) mass is 434 g/mol. The first kappa shape index (κ1) is 22.3. The minimum atomic E-state index is 0.150. The molecule has 4 rings (SSSR count). The summed E-state index contributed by atoms with van der Waals surface area (Å²) in [6.07, 6.45) is 3.15. The summed E-state index contributed by atoms with van der Waals surface area (Å²) in [5.74, 6) is 0.387. The van der Waals surface area contributed by atoms with Gasteiger partial charge in [-0.05, 0) is 37.0 Å². The van der Waals surface area contributed by atoms with Crippen molar-refractivity contribution >= 4 is 17.5 Å². The predicted octanol–water partition coefficient (Wildman–Crippen LogP) is 2.85. The first-order chi connectivity index (χ1) is 15.7. The highest BCUT2D eigenvalue weighted by Crippen LogP contribution is 2.18. The molecule has 0 aromatic heterocycles. The molecule has 2 heterocycles. The van der Waals surface area contributed by atoms with Crippen LogP contribution in [0.3, 0.4) is 0 Å². The Morgan fingerprint density at radius 3 is 2.03 bits per heavy atom. The van der Waals surface area contributed by atoms with E-state index in [4.69, 9.17) is 0 Å². The normalized spacial score (nSPS) is 17.2. The van der Waals surface area contributed by atoms with Gasteiger partial charge in [0.1, 0.15) is 0 Å². The molecule has 2 saturated heterocycles. The van der Waals surface area contributed by atoms with Gasteiger partial charge in [-0.2, -0.15) is 0 Å². The number of likely N-dealkylation sites (tertiary alicyclic amines) is 1. The zero-order chi connectivity index (χ0) is 22.2. The fourth-order valence-corrected chi connectivity index (χ4v) is 4.58. The lowest BCUT2D eigenvalue weighted by Gasteiger charge is -2.28. The highest BCUT2D eigenvalue weighted by atomic mass is 16.2. The summed E-state index contributed by atoms with van der Waals surface area (Å²) < 4.78 is 0. The smallest absolute Gasteiger partial charge is 0.242 e. The fourth-order valence-electron chi connectivity index (χ4n) is 4.58. The molecular formula is C26H34N4O2. The van der Waals surface area contributed by atoms with Crippen molar-refractivity contribution in [3.8, 4) is 0 Å². The second kappa shape index (κ2) is 11.1. The maximum atomic E-state index is 13.3. The molecule has 0 radical (unpaired) electrons. The van der Waals surface area contributed by atoms with Crippen molar-refractivity contribution in [2.75, 3.05) is 57.3 Å². The van der Waals surface area contributed by atoms with Gasteiger partial charge < -0.3 is 14.7 Å². The van der Waals surface area contributed by atoms with E-state index in [0.717, 1.165) is 57.7 Å². The van der Waals surface area contributed by atoms with Crippen LogP contribution in [0.5, 0.6) is 0 Å². The van der Waals surface area contributed by atoms with E-state index in [1.807, 2.05) is 46.2 Å². The van der Waals surface area contributed by atoms with Gasteiger partial charge in [-0.25, -0.2) is 0 Å². The fraction of sp³-hybridized carbons (Fsp3) is 0.462. The van der Waals surface area contributed by atoms with Gasteiger partial charge in [-0.1, -0.05) is 48.5 Å². The van der Waals surface area contributed by atoms with Crippen LogP contribution in [0.1, 0.15) is 24.8 Å². The Hall–Kier alpha value is -2.86. The maximum absolute atomic E-state index is 13.3. The van der Waals surface area contributed by atoms with Crippen LogP contribution < -0.4 is 4.90 Å². The zero-order valence-electron chi connectivity index (χ0n) is 18.9. The van der Waals surface area contributed by atoms with E-state index in [1.165, 1.54) is 5.56 Å². The third kappa shape index (κ3) is 6.10. The van der Waals surface area contributed by atoms with Crippen molar-refractivity contribution < 1.29 is 9.59 Å². The summed E-state index contributed by atoms with van der Waals surface area (Å²) in [6.45, 7) is 6.38. The molecule has 6 nitrogen and oxygen atoms in total. The number of hydrogen-bond donors (Lipinski definition) is 0. The van der Waals surface area contributed by atoms with Crippen LogP contribution in [0.4, 0.5) is 5.69 Å². The van der Waals surface area contributed by atoms with Crippen molar-refractivity contribution in [1.82, 2.24) is 14.7 Å². The summed E-state index contributed by atoms with van der Waals surface area (Å²) >= 11 is 0. The van der Waals surface area contributed by atoms with Crippen LogP contribution in [0.2, 0.25) is 0 Å². The van der Waals surface area contributed by atoms with Crippen molar-refractivity contribution in [3.05, 3.63) is 66.2 Å². The molecule has 0 unspecified atom stereocenters. The topological polar surface area (TPSA) is 47.1 Å². The molecule has 2 aliphatic heterocycles. The molecule has 0 spiro atoms. The lowest BCUT2D eigenvalue weighted by atomic mass is 10.2. The molecule has 2 amide bonds. The summed E-state index contributed by atoms with van der Waals surface area (Å²) in [5.41, 5.74) is 2.24. The third-order valence-corrected chi connectivity index (χ3v) is 6.42. The molecule has 0 N–H and O–H groups in total. The van der Waals surface area contributed by atoms with Crippen LogP contribution >= 0.6 is 0 Å². The lowest BCUT2D eigenvalue weighted by Crippen LogP contribution is -2.43. The average Bonchev–Trinajstić information content (AvgIpc) is 3.27. The summed E-state index contributed by atoms with van der Waals surface area (Å²) in [6, 6.07) is 20.4. The van der Waals surface area contributed by atoms with Gasteiger partial charge in [0.2, 0.25) is 11.8 Å². The molecular weight excluding hydrogens is 400 g/mol. The number of carbonyl (C=O) groups excluding carboxylic acids is 2. The van der Waals surface area contributed by atoms with Crippen LogP contribution in [-0.4, -0.2) is 78.9 Å². The highest BCUT2D eigenvalue weighted by molar-refractivity contribution is 5.81. The van der Waals surface area contributed by atoms with Crippen molar-refractivity contribution in [2.45, 2.75) is 25.8 Å². The molecule has 2 fully saturated rings. The Morgan fingerprint density at radius 2 is 1.31 bits per heavy atom. The zero-order valence-corrected chi connectivity index (χ0v) is 18.9. The Labute approximate surface area is 191 Å².